The van der Waals surface area contributed by atoms with E-state index in [4.69, 9.17) is 5.73 Å². The van der Waals surface area contributed by atoms with Gasteiger partial charge >= 0.3 is 0 Å². The van der Waals surface area contributed by atoms with E-state index in [1.807, 2.05) is 0 Å². The molecule has 1 aliphatic carbocycles. The lowest BCUT2D eigenvalue weighted by Crippen LogP contribution is -2.33. The van der Waals surface area contributed by atoms with Crippen molar-refractivity contribution in [2.75, 3.05) is 6.54 Å². The van der Waals surface area contributed by atoms with Crippen LogP contribution in [0.1, 0.15) is 78.1 Å². The molecule has 0 aromatic carbocycles. The topological polar surface area (TPSA) is 26.0 Å². The van der Waals surface area contributed by atoms with Crippen molar-refractivity contribution in [1.29, 1.82) is 0 Å². The van der Waals surface area contributed by atoms with E-state index in [1.54, 1.807) is 0 Å². The van der Waals surface area contributed by atoms with E-state index < -0.39 is 0 Å². The van der Waals surface area contributed by atoms with Crippen LogP contribution in [0.2, 0.25) is 0 Å². The van der Waals surface area contributed by atoms with E-state index >= 15 is 0 Å². The summed E-state index contributed by atoms with van der Waals surface area (Å²) < 4.78 is 0. The zero-order valence-corrected chi connectivity index (χ0v) is 11.4. The molecule has 1 unspecified atom stereocenters. The zero-order chi connectivity index (χ0) is 11.9. The normalized spacial score (nSPS) is 23.4. The van der Waals surface area contributed by atoms with E-state index in [9.17, 15) is 0 Å². The molecule has 0 spiro atoms. The largest absolute Gasteiger partial charge is 0.330 e. The fourth-order valence-corrected chi connectivity index (χ4v) is 3.48. The van der Waals surface area contributed by atoms with Gasteiger partial charge in [0, 0.05) is 0 Å². The Labute approximate surface area is 102 Å². The molecule has 16 heavy (non-hydrogen) atoms. The minimum absolute atomic E-state index is 0.495. The van der Waals surface area contributed by atoms with Gasteiger partial charge in [0.25, 0.3) is 0 Å². The van der Waals surface area contributed by atoms with Crippen LogP contribution in [0.25, 0.3) is 0 Å². The van der Waals surface area contributed by atoms with Crippen LogP contribution >= 0.6 is 0 Å². The van der Waals surface area contributed by atoms with Gasteiger partial charge < -0.3 is 5.73 Å². The van der Waals surface area contributed by atoms with E-state index in [0.29, 0.717) is 5.41 Å². The van der Waals surface area contributed by atoms with Crippen LogP contribution in [0.5, 0.6) is 0 Å². The van der Waals surface area contributed by atoms with E-state index in [2.05, 4.69) is 13.8 Å². The maximum absolute atomic E-state index is 6.10. The Bertz CT molecular complexity index is 168. The highest BCUT2D eigenvalue weighted by atomic mass is 14.6. The van der Waals surface area contributed by atoms with Crippen molar-refractivity contribution in [2.24, 2.45) is 17.1 Å². The molecule has 0 aliphatic heterocycles. The number of rotatable bonds is 5. The zero-order valence-electron chi connectivity index (χ0n) is 11.4. The first kappa shape index (κ1) is 14.0. The fraction of sp³-hybridized carbons (Fsp3) is 1.00. The smallest absolute Gasteiger partial charge is 0.00204 e. The van der Waals surface area contributed by atoms with Crippen LogP contribution in [-0.2, 0) is 0 Å². The Balaban J connectivity index is 2.50. The third-order valence-corrected chi connectivity index (χ3v) is 4.41. The summed E-state index contributed by atoms with van der Waals surface area (Å²) in [7, 11) is 0. The number of hydrogen-bond donors (Lipinski definition) is 1. The highest BCUT2D eigenvalue weighted by molar-refractivity contribution is 4.83. The summed E-state index contributed by atoms with van der Waals surface area (Å²) in [6.45, 7) is 5.63. The van der Waals surface area contributed by atoms with Crippen molar-refractivity contribution in [2.45, 2.75) is 78.1 Å². The van der Waals surface area contributed by atoms with Gasteiger partial charge in [-0.25, -0.2) is 0 Å². The van der Waals surface area contributed by atoms with Gasteiger partial charge in [-0.05, 0) is 37.1 Å². The minimum atomic E-state index is 0.495. The summed E-state index contributed by atoms with van der Waals surface area (Å²) in [5, 5.41) is 0. The van der Waals surface area contributed by atoms with Crippen LogP contribution in [0.3, 0.4) is 0 Å². The molecule has 1 saturated carbocycles. The maximum atomic E-state index is 6.10. The fourth-order valence-electron chi connectivity index (χ4n) is 3.48. The maximum Gasteiger partial charge on any atom is -0.00204 e. The Morgan fingerprint density at radius 2 is 1.62 bits per heavy atom. The SMILES string of the molecule is CCCC(C)CC1(CN)CCCCCCC1. The monoisotopic (exact) mass is 225 g/mol. The van der Waals surface area contributed by atoms with Gasteiger partial charge in [-0.2, -0.15) is 0 Å². The second-order valence-corrected chi connectivity index (χ2v) is 6.07. The molecule has 0 saturated heterocycles. The third kappa shape index (κ3) is 4.45. The Morgan fingerprint density at radius 1 is 1.06 bits per heavy atom. The molecule has 1 rings (SSSR count). The summed E-state index contributed by atoms with van der Waals surface area (Å²) in [6, 6.07) is 0. The Kier molecular flexibility index (Phi) is 6.41. The Morgan fingerprint density at radius 3 is 2.12 bits per heavy atom. The van der Waals surface area contributed by atoms with Crippen molar-refractivity contribution in [3.63, 3.8) is 0 Å². The van der Waals surface area contributed by atoms with Gasteiger partial charge in [-0.15, -0.1) is 0 Å². The average molecular weight is 225 g/mol. The molecule has 0 aromatic rings. The molecule has 0 bridgehead atoms. The second kappa shape index (κ2) is 7.32. The van der Waals surface area contributed by atoms with Gasteiger partial charge in [0.1, 0.15) is 0 Å². The highest BCUT2D eigenvalue weighted by Crippen LogP contribution is 2.39. The van der Waals surface area contributed by atoms with Gasteiger partial charge in [-0.1, -0.05) is 58.8 Å². The van der Waals surface area contributed by atoms with Gasteiger partial charge in [0.05, 0.1) is 0 Å². The van der Waals surface area contributed by atoms with Crippen molar-refractivity contribution < 1.29 is 0 Å². The summed E-state index contributed by atoms with van der Waals surface area (Å²) in [6.07, 6.45) is 14.0. The van der Waals surface area contributed by atoms with Crippen LogP contribution in [0, 0.1) is 11.3 Å². The first-order chi connectivity index (χ1) is 7.72. The quantitative estimate of drug-likeness (QED) is 0.732. The lowest BCUT2D eigenvalue weighted by atomic mass is 9.70. The molecule has 96 valence electrons. The predicted molar refractivity (Wildman–Crippen MR) is 72.5 cm³/mol. The molecule has 1 nitrogen and oxygen atoms in total. The van der Waals surface area contributed by atoms with Gasteiger partial charge in [0.2, 0.25) is 0 Å². The first-order valence-electron chi connectivity index (χ1n) is 7.42. The standard InChI is InChI=1S/C15H31N/c1-3-9-14(2)12-15(13-16)10-7-5-4-6-8-11-15/h14H,3-13,16H2,1-2H3. The summed E-state index contributed by atoms with van der Waals surface area (Å²) >= 11 is 0. The molecular formula is C15H31N. The molecule has 1 aliphatic rings. The molecule has 1 fully saturated rings. The van der Waals surface area contributed by atoms with Crippen LogP contribution in [-0.4, -0.2) is 6.54 Å². The van der Waals surface area contributed by atoms with E-state index in [1.165, 1.54) is 64.2 Å². The molecule has 0 heterocycles. The van der Waals surface area contributed by atoms with Crippen molar-refractivity contribution in [3.8, 4) is 0 Å². The molecule has 0 radical (unpaired) electrons. The summed E-state index contributed by atoms with van der Waals surface area (Å²) in [4.78, 5) is 0. The number of hydrogen-bond acceptors (Lipinski definition) is 1. The average Bonchev–Trinajstić information content (AvgIpc) is 2.23. The summed E-state index contributed by atoms with van der Waals surface area (Å²) in [5.41, 5.74) is 6.60. The molecule has 1 heteroatoms. The highest BCUT2D eigenvalue weighted by Gasteiger charge is 2.30. The number of nitrogens with two attached hydrogens (primary N) is 1. The first-order valence-corrected chi connectivity index (χ1v) is 7.42. The molecular weight excluding hydrogens is 194 g/mol. The lowest BCUT2D eigenvalue weighted by Gasteiger charge is -2.36. The lowest BCUT2D eigenvalue weighted by molar-refractivity contribution is 0.167. The summed E-state index contributed by atoms with van der Waals surface area (Å²) in [5.74, 6) is 0.868. The van der Waals surface area contributed by atoms with Crippen LogP contribution in [0.4, 0.5) is 0 Å². The third-order valence-electron chi connectivity index (χ3n) is 4.41. The van der Waals surface area contributed by atoms with Crippen LogP contribution in [0.15, 0.2) is 0 Å². The molecule has 1 atom stereocenters. The van der Waals surface area contributed by atoms with Crippen molar-refractivity contribution in [3.05, 3.63) is 0 Å². The van der Waals surface area contributed by atoms with Crippen molar-refractivity contribution in [1.82, 2.24) is 0 Å². The van der Waals surface area contributed by atoms with Crippen LogP contribution < -0.4 is 5.73 Å². The molecule has 0 amide bonds. The predicted octanol–water partition coefficient (Wildman–Crippen LogP) is 4.50. The van der Waals surface area contributed by atoms with E-state index in [0.717, 1.165) is 12.5 Å². The molecule has 0 aromatic heterocycles. The Hall–Kier alpha value is -0.0400. The second-order valence-electron chi connectivity index (χ2n) is 6.07. The van der Waals surface area contributed by atoms with E-state index in [-0.39, 0.29) is 0 Å². The van der Waals surface area contributed by atoms with Gasteiger partial charge in [0.15, 0.2) is 0 Å². The van der Waals surface area contributed by atoms with Gasteiger partial charge in [-0.3, -0.25) is 0 Å². The molecule has 2 N–H and O–H groups in total. The van der Waals surface area contributed by atoms with Crippen molar-refractivity contribution >= 4 is 0 Å². The minimum Gasteiger partial charge on any atom is -0.330 e.